The number of ether oxygens (including phenoxy) is 1. The lowest BCUT2D eigenvalue weighted by molar-refractivity contribution is -0.145. The number of carbonyl (C=O) groups excluding carboxylic acids is 2. The van der Waals surface area contributed by atoms with Crippen molar-refractivity contribution < 1.29 is 19.4 Å². The fourth-order valence-corrected chi connectivity index (χ4v) is 6.17. The Balaban J connectivity index is 1.62. The molecule has 2 aliphatic rings. The van der Waals surface area contributed by atoms with Crippen LogP contribution in [0.3, 0.4) is 0 Å². The predicted octanol–water partition coefficient (Wildman–Crippen LogP) is 4.48. The quantitative estimate of drug-likeness (QED) is 0.466. The number of carbonyl (C=O) groups is 2. The standard InChI is InChI=1S/C27H32Cl2N2O4/c1-18(32)35-22-6-4-5-20(15-22)26-11-12-30(2)17-27(26,34)10-9-21(16-26)31(3)25(33)14-19-7-8-23(28)24(29)13-19/h4-8,13,15,21,34H,9-12,14,16-17H2,1-3H3/t21-,26-,27-/m0/s1. The zero-order valence-electron chi connectivity index (χ0n) is 20.4. The van der Waals surface area contributed by atoms with Crippen LogP contribution in [0, 0.1) is 0 Å². The molecule has 1 aliphatic heterocycles. The lowest BCUT2D eigenvalue weighted by Gasteiger charge is -2.58. The maximum Gasteiger partial charge on any atom is 0.308 e. The van der Waals surface area contributed by atoms with Gasteiger partial charge in [0.05, 0.1) is 22.1 Å². The number of rotatable bonds is 5. The summed E-state index contributed by atoms with van der Waals surface area (Å²) < 4.78 is 5.36. The molecule has 8 heteroatoms. The van der Waals surface area contributed by atoms with Crippen molar-refractivity contribution >= 4 is 35.1 Å². The van der Waals surface area contributed by atoms with Gasteiger partial charge in [0.2, 0.25) is 5.91 Å². The third kappa shape index (κ3) is 5.21. The van der Waals surface area contributed by atoms with Crippen molar-refractivity contribution in [1.82, 2.24) is 9.80 Å². The number of nitrogens with zero attached hydrogens (tertiary/aromatic N) is 2. The number of halogens is 2. The summed E-state index contributed by atoms with van der Waals surface area (Å²) in [6, 6.07) is 12.7. The third-order valence-electron chi connectivity index (χ3n) is 7.75. The van der Waals surface area contributed by atoms with E-state index in [0.717, 1.165) is 24.1 Å². The van der Waals surface area contributed by atoms with Crippen LogP contribution in [0.25, 0.3) is 0 Å². The Morgan fingerprint density at radius 3 is 2.66 bits per heavy atom. The van der Waals surface area contributed by atoms with Crippen LogP contribution in [-0.4, -0.2) is 65.6 Å². The Morgan fingerprint density at radius 1 is 1.17 bits per heavy atom. The molecule has 0 bridgehead atoms. The molecule has 0 unspecified atom stereocenters. The Hall–Kier alpha value is -2.12. The number of likely N-dealkylation sites (N-methyl/N-ethyl adjacent to an activating group) is 2. The van der Waals surface area contributed by atoms with Crippen LogP contribution >= 0.6 is 23.2 Å². The van der Waals surface area contributed by atoms with Gasteiger partial charge in [-0.2, -0.15) is 0 Å². The van der Waals surface area contributed by atoms with Gasteiger partial charge in [0.25, 0.3) is 0 Å². The van der Waals surface area contributed by atoms with Crippen LogP contribution in [0.1, 0.15) is 43.7 Å². The Labute approximate surface area is 216 Å². The zero-order chi connectivity index (χ0) is 25.4. The minimum absolute atomic E-state index is 0.00410. The number of aliphatic hydroxyl groups is 1. The van der Waals surface area contributed by atoms with Gasteiger partial charge >= 0.3 is 5.97 Å². The number of amides is 1. The normalized spacial score (nSPS) is 26.6. The molecule has 6 nitrogen and oxygen atoms in total. The average molecular weight is 519 g/mol. The number of β-amino-alcohol motifs (C(OH)–C–C–N with tert-alkyl or cyclic N) is 1. The predicted molar refractivity (Wildman–Crippen MR) is 137 cm³/mol. The van der Waals surface area contributed by atoms with Crippen molar-refractivity contribution in [2.45, 2.75) is 56.1 Å². The van der Waals surface area contributed by atoms with Crippen molar-refractivity contribution in [2.75, 3.05) is 27.2 Å². The lowest BCUT2D eigenvalue weighted by Crippen LogP contribution is -2.66. The monoisotopic (exact) mass is 518 g/mol. The second-order valence-corrected chi connectivity index (χ2v) is 10.9. The van der Waals surface area contributed by atoms with Gasteiger partial charge in [-0.05, 0) is 74.7 Å². The molecule has 2 fully saturated rings. The van der Waals surface area contributed by atoms with Crippen molar-refractivity contribution in [3.8, 4) is 5.75 Å². The highest BCUT2D eigenvalue weighted by atomic mass is 35.5. The molecule has 1 amide bonds. The van der Waals surface area contributed by atoms with E-state index < -0.39 is 11.0 Å². The fraction of sp³-hybridized carbons (Fsp3) is 0.481. The number of likely N-dealkylation sites (tertiary alicyclic amines) is 1. The van der Waals surface area contributed by atoms with Crippen molar-refractivity contribution in [2.24, 2.45) is 0 Å². The van der Waals surface area contributed by atoms with E-state index in [2.05, 4.69) is 4.90 Å². The maximum atomic E-state index is 13.2. The largest absolute Gasteiger partial charge is 0.427 e. The summed E-state index contributed by atoms with van der Waals surface area (Å²) >= 11 is 12.2. The highest BCUT2D eigenvalue weighted by Crippen LogP contribution is 2.52. The van der Waals surface area contributed by atoms with E-state index in [1.807, 2.05) is 43.3 Å². The average Bonchev–Trinajstić information content (AvgIpc) is 2.80. The first-order valence-corrected chi connectivity index (χ1v) is 12.7. The number of hydrogen-bond donors (Lipinski definition) is 1. The summed E-state index contributed by atoms with van der Waals surface area (Å²) in [5.74, 6) is 0.0832. The van der Waals surface area contributed by atoms with Gasteiger partial charge in [-0.15, -0.1) is 0 Å². The van der Waals surface area contributed by atoms with Gasteiger partial charge in [-0.25, -0.2) is 0 Å². The summed E-state index contributed by atoms with van der Waals surface area (Å²) in [6.07, 6.45) is 2.88. The van der Waals surface area contributed by atoms with Crippen LogP contribution in [0.4, 0.5) is 0 Å². The molecule has 4 rings (SSSR count). The second-order valence-electron chi connectivity index (χ2n) is 10.0. The van der Waals surface area contributed by atoms with Crippen molar-refractivity contribution in [3.05, 3.63) is 63.6 Å². The molecule has 1 saturated carbocycles. The number of benzene rings is 2. The van der Waals surface area contributed by atoms with E-state index in [9.17, 15) is 14.7 Å². The fourth-order valence-electron chi connectivity index (χ4n) is 5.85. The van der Waals surface area contributed by atoms with Crippen molar-refractivity contribution in [3.63, 3.8) is 0 Å². The molecular formula is C27H32Cl2N2O4. The molecule has 1 aliphatic carbocycles. The van der Waals surface area contributed by atoms with Gasteiger partial charge in [-0.3, -0.25) is 9.59 Å². The first-order chi connectivity index (χ1) is 16.5. The molecule has 1 saturated heterocycles. The molecule has 0 spiro atoms. The van der Waals surface area contributed by atoms with Gasteiger partial charge in [-0.1, -0.05) is 41.4 Å². The Bertz CT molecular complexity index is 1130. The molecular weight excluding hydrogens is 487 g/mol. The second kappa shape index (κ2) is 10.1. The third-order valence-corrected chi connectivity index (χ3v) is 8.49. The summed E-state index contributed by atoms with van der Waals surface area (Å²) in [5, 5.41) is 12.9. The smallest absolute Gasteiger partial charge is 0.308 e. The maximum absolute atomic E-state index is 13.2. The van der Waals surface area contributed by atoms with E-state index in [1.165, 1.54) is 6.92 Å². The Morgan fingerprint density at radius 2 is 1.94 bits per heavy atom. The molecule has 35 heavy (non-hydrogen) atoms. The molecule has 1 heterocycles. The molecule has 3 atom stereocenters. The molecule has 2 aromatic rings. The number of fused-ring (bicyclic) bond motifs is 1. The van der Waals surface area contributed by atoms with Gasteiger partial charge in [0.1, 0.15) is 5.75 Å². The SMILES string of the molecule is CC(=O)Oc1cccc([C@@]23CCN(C)C[C@@]2(O)CC[C@H](N(C)C(=O)Cc2ccc(Cl)c(Cl)c2)C3)c1. The van der Waals surface area contributed by atoms with Gasteiger partial charge in [0, 0.05) is 32.0 Å². The van der Waals surface area contributed by atoms with E-state index in [1.54, 1.807) is 18.2 Å². The van der Waals surface area contributed by atoms with E-state index in [4.69, 9.17) is 27.9 Å². The highest BCUT2D eigenvalue weighted by molar-refractivity contribution is 6.42. The molecule has 2 aromatic carbocycles. The number of esters is 1. The van der Waals surface area contributed by atoms with Gasteiger partial charge in [0.15, 0.2) is 0 Å². The van der Waals surface area contributed by atoms with Crippen LogP contribution in [-0.2, 0) is 21.4 Å². The summed E-state index contributed by atoms with van der Waals surface area (Å²) in [6.45, 7) is 2.76. The van der Waals surface area contributed by atoms with E-state index in [0.29, 0.717) is 41.6 Å². The van der Waals surface area contributed by atoms with Crippen LogP contribution < -0.4 is 4.74 Å². The molecule has 0 aromatic heterocycles. The molecule has 1 N–H and O–H groups in total. The van der Waals surface area contributed by atoms with Crippen LogP contribution in [0.5, 0.6) is 5.75 Å². The number of piperidine rings is 1. The summed E-state index contributed by atoms with van der Waals surface area (Å²) in [4.78, 5) is 28.8. The van der Waals surface area contributed by atoms with Crippen LogP contribution in [0.15, 0.2) is 42.5 Å². The highest BCUT2D eigenvalue weighted by Gasteiger charge is 2.57. The van der Waals surface area contributed by atoms with Crippen LogP contribution in [0.2, 0.25) is 10.0 Å². The van der Waals surface area contributed by atoms with Crippen molar-refractivity contribution in [1.29, 1.82) is 0 Å². The Kier molecular flexibility index (Phi) is 7.49. The summed E-state index contributed by atoms with van der Waals surface area (Å²) in [7, 11) is 3.86. The molecule has 0 radical (unpaired) electrons. The zero-order valence-corrected chi connectivity index (χ0v) is 21.9. The minimum Gasteiger partial charge on any atom is -0.427 e. The topological polar surface area (TPSA) is 70.1 Å². The van der Waals surface area contributed by atoms with E-state index in [-0.39, 0.29) is 24.3 Å². The molecule has 188 valence electrons. The summed E-state index contributed by atoms with van der Waals surface area (Å²) in [5.41, 5.74) is 0.254. The van der Waals surface area contributed by atoms with E-state index >= 15 is 0 Å². The first-order valence-electron chi connectivity index (χ1n) is 11.9. The number of hydrogen-bond acceptors (Lipinski definition) is 5. The minimum atomic E-state index is -0.945. The lowest BCUT2D eigenvalue weighted by atomic mass is 9.55. The first kappa shape index (κ1) is 26.0. The van der Waals surface area contributed by atoms with Gasteiger partial charge < -0.3 is 19.6 Å².